The van der Waals surface area contributed by atoms with Crippen LogP contribution in [0.25, 0.3) is 21.0 Å². The van der Waals surface area contributed by atoms with Crippen molar-refractivity contribution in [3.05, 3.63) is 72.2 Å². The maximum absolute atomic E-state index is 13.1. The van der Waals surface area contributed by atoms with Crippen LogP contribution < -0.4 is 0 Å². The predicted octanol–water partition coefficient (Wildman–Crippen LogP) is 5.12. The number of rotatable bonds is 2. The molecule has 4 rings (SSSR count). The molecule has 6 heteroatoms. The number of nitrogens with zero attached hydrogens (tertiary/aromatic N) is 1. The van der Waals surface area contributed by atoms with Crippen molar-refractivity contribution in [1.82, 2.24) is 4.98 Å². The summed E-state index contributed by atoms with van der Waals surface area (Å²) in [5.74, 6) is 0. The number of halogens is 1. The summed E-state index contributed by atoms with van der Waals surface area (Å²) in [5.41, 5.74) is 1.38. The highest BCUT2D eigenvalue weighted by Crippen LogP contribution is 2.36. The zero-order valence-electron chi connectivity index (χ0n) is 12.4. The van der Waals surface area contributed by atoms with E-state index in [9.17, 15) is 8.42 Å². The van der Waals surface area contributed by atoms with E-state index in [1.807, 2.05) is 12.1 Å². The topological polar surface area (TPSA) is 47.0 Å². The molecule has 0 aliphatic heterocycles. The molecule has 1 radical (unpaired) electrons. The van der Waals surface area contributed by atoms with Crippen molar-refractivity contribution in [1.29, 1.82) is 0 Å². The fourth-order valence-electron chi connectivity index (χ4n) is 2.62. The number of fused-ring (bicyclic) bond motifs is 2. The van der Waals surface area contributed by atoms with Gasteiger partial charge in [-0.25, -0.2) is 8.42 Å². The Morgan fingerprint density at radius 3 is 2.71 bits per heavy atom. The highest BCUT2D eigenvalue weighted by Gasteiger charge is 2.23. The van der Waals surface area contributed by atoms with Gasteiger partial charge in [0.15, 0.2) is 0 Å². The van der Waals surface area contributed by atoms with Crippen molar-refractivity contribution >= 4 is 53.8 Å². The largest absolute Gasteiger partial charge is 0.256 e. The Labute approximate surface area is 148 Å². The quantitative estimate of drug-likeness (QED) is 0.490. The van der Waals surface area contributed by atoms with Gasteiger partial charge in [0.2, 0.25) is 9.84 Å². The zero-order chi connectivity index (χ0) is 16.9. The lowest BCUT2D eigenvalue weighted by Crippen LogP contribution is -2.01. The Morgan fingerprint density at radius 2 is 1.88 bits per heavy atom. The van der Waals surface area contributed by atoms with Crippen molar-refractivity contribution in [2.24, 2.45) is 0 Å². The van der Waals surface area contributed by atoms with Crippen LogP contribution in [0.2, 0.25) is 5.02 Å². The fraction of sp³-hybridized carbons (Fsp3) is 0. The molecule has 0 atom stereocenters. The van der Waals surface area contributed by atoms with Crippen LogP contribution in [0.5, 0.6) is 0 Å². The molecular weight excluding hydrogens is 362 g/mol. The number of sulfone groups is 1. The van der Waals surface area contributed by atoms with Crippen molar-refractivity contribution in [3.8, 4) is 0 Å². The highest BCUT2D eigenvalue weighted by atomic mass is 35.5. The van der Waals surface area contributed by atoms with E-state index in [0.29, 0.717) is 20.1 Å². The molecule has 119 valence electrons. The van der Waals surface area contributed by atoms with Gasteiger partial charge in [-0.15, -0.1) is 11.3 Å². The first-order chi connectivity index (χ1) is 11.4. The number of hydrogen-bond acceptors (Lipinski definition) is 4. The van der Waals surface area contributed by atoms with Crippen LogP contribution in [-0.2, 0) is 9.84 Å². The van der Waals surface area contributed by atoms with Gasteiger partial charge in [-0.3, -0.25) is 4.98 Å². The standard InChI is InChI=1S/C18H11ClNO2S2/c1-11-2-5-15-14(8-11)17(6-7-20-15)24(21,22)18-9-12-3-4-13(19)10-16(12)23-18/h2-10H,1H2. The average molecular weight is 373 g/mol. The van der Waals surface area contributed by atoms with Gasteiger partial charge in [-0.2, -0.15) is 0 Å². The van der Waals surface area contributed by atoms with Gasteiger partial charge in [0, 0.05) is 21.3 Å². The molecule has 4 aromatic rings. The summed E-state index contributed by atoms with van der Waals surface area (Å²) in [6, 6.07) is 13.9. The predicted molar refractivity (Wildman–Crippen MR) is 98.5 cm³/mol. The maximum atomic E-state index is 13.1. The van der Waals surface area contributed by atoms with Gasteiger partial charge in [0.05, 0.1) is 10.4 Å². The van der Waals surface area contributed by atoms with Crippen LogP contribution in [0.1, 0.15) is 5.56 Å². The Bertz CT molecular complexity index is 1200. The molecule has 0 bridgehead atoms. The molecule has 0 aliphatic rings. The first-order valence-corrected chi connectivity index (χ1v) is 9.78. The minimum Gasteiger partial charge on any atom is -0.256 e. The monoisotopic (exact) mass is 372 g/mol. The first kappa shape index (κ1) is 15.6. The van der Waals surface area contributed by atoms with Crippen LogP contribution in [0.4, 0.5) is 0 Å². The van der Waals surface area contributed by atoms with Crippen molar-refractivity contribution in [2.45, 2.75) is 9.10 Å². The second kappa shape index (κ2) is 5.55. The lowest BCUT2D eigenvalue weighted by molar-refractivity contribution is 0.599. The molecule has 0 N–H and O–H groups in total. The summed E-state index contributed by atoms with van der Waals surface area (Å²) in [6.07, 6.45) is 1.52. The minimum atomic E-state index is -3.65. The average Bonchev–Trinajstić information content (AvgIpc) is 2.98. The molecular formula is C18H11ClNO2S2. The molecule has 2 aromatic heterocycles. The molecule has 2 aromatic carbocycles. The molecule has 24 heavy (non-hydrogen) atoms. The van der Waals surface area contributed by atoms with Gasteiger partial charge in [-0.1, -0.05) is 23.7 Å². The Kier molecular flexibility index (Phi) is 3.60. The van der Waals surface area contributed by atoms with Crippen LogP contribution in [0.3, 0.4) is 0 Å². The molecule has 2 heterocycles. The molecule has 0 unspecified atom stereocenters. The summed E-state index contributed by atoms with van der Waals surface area (Å²) in [5, 5.41) is 2.03. The first-order valence-electron chi connectivity index (χ1n) is 7.10. The summed E-state index contributed by atoms with van der Waals surface area (Å²) in [4.78, 5) is 4.48. The van der Waals surface area contributed by atoms with E-state index in [-0.39, 0.29) is 4.90 Å². The van der Waals surface area contributed by atoms with Crippen molar-refractivity contribution in [2.75, 3.05) is 0 Å². The van der Waals surface area contributed by atoms with Crippen LogP contribution in [0, 0.1) is 6.92 Å². The Morgan fingerprint density at radius 1 is 1.04 bits per heavy atom. The van der Waals surface area contributed by atoms with E-state index in [1.165, 1.54) is 23.6 Å². The second-order valence-corrected chi connectivity index (χ2v) is 9.08. The lowest BCUT2D eigenvalue weighted by Gasteiger charge is -2.06. The molecule has 0 saturated heterocycles. The summed E-state index contributed by atoms with van der Waals surface area (Å²) < 4.78 is 27.4. The summed E-state index contributed by atoms with van der Waals surface area (Å²) in [7, 11) is -3.65. The van der Waals surface area contributed by atoms with Gasteiger partial charge < -0.3 is 0 Å². The third-order valence-corrected chi connectivity index (χ3v) is 7.40. The van der Waals surface area contributed by atoms with Gasteiger partial charge in [-0.05, 0) is 54.3 Å². The zero-order valence-corrected chi connectivity index (χ0v) is 14.8. The Balaban J connectivity index is 1.98. The number of aromatic nitrogens is 1. The van der Waals surface area contributed by atoms with Crippen LogP contribution >= 0.6 is 22.9 Å². The Hall–Kier alpha value is -1.95. The molecule has 0 spiro atoms. The van der Waals surface area contributed by atoms with Crippen LogP contribution in [0.15, 0.2) is 63.8 Å². The van der Waals surface area contributed by atoms with E-state index >= 15 is 0 Å². The molecule has 0 aliphatic carbocycles. The number of hydrogen-bond donors (Lipinski definition) is 0. The fourth-order valence-corrected chi connectivity index (χ4v) is 5.86. The number of benzene rings is 2. The van der Waals surface area contributed by atoms with E-state index < -0.39 is 9.84 Å². The smallest absolute Gasteiger partial charge is 0.216 e. The lowest BCUT2D eigenvalue weighted by atomic mass is 10.1. The van der Waals surface area contributed by atoms with Crippen molar-refractivity contribution in [3.63, 3.8) is 0 Å². The third-order valence-electron chi connectivity index (χ3n) is 3.78. The van der Waals surface area contributed by atoms with E-state index in [2.05, 4.69) is 11.9 Å². The normalized spacial score (nSPS) is 12.1. The second-order valence-electron chi connectivity index (χ2n) is 5.41. The van der Waals surface area contributed by atoms with Gasteiger partial charge >= 0.3 is 0 Å². The van der Waals surface area contributed by atoms with Gasteiger partial charge in [0.25, 0.3) is 0 Å². The van der Waals surface area contributed by atoms with E-state index in [0.717, 1.165) is 15.6 Å². The molecule has 0 fully saturated rings. The third kappa shape index (κ3) is 2.49. The molecule has 0 saturated carbocycles. The SMILES string of the molecule is [CH2]c1ccc2nccc(S(=O)(=O)c3cc4ccc(Cl)cc4s3)c2c1. The van der Waals surface area contributed by atoms with E-state index in [1.54, 1.807) is 30.3 Å². The highest BCUT2D eigenvalue weighted by molar-refractivity contribution is 7.93. The maximum Gasteiger partial charge on any atom is 0.216 e. The van der Waals surface area contributed by atoms with Crippen LogP contribution in [-0.4, -0.2) is 13.4 Å². The molecule has 3 nitrogen and oxygen atoms in total. The number of pyridine rings is 1. The van der Waals surface area contributed by atoms with Gasteiger partial charge in [0.1, 0.15) is 4.21 Å². The number of thiophene rings is 1. The summed E-state index contributed by atoms with van der Waals surface area (Å²) >= 11 is 7.21. The van der Waals surface area contributed by atoms with Crippen molar-refractivity contribution < 1.29 is 8.42 Å². The van der Waals surface area contributed by atoms with E-state index in [4.69, 9.17) is 11.6 Å². The minimum absolute atomic E-state index is 0.246. The summed E-state index contributed by atoms with van der Waals surface area (Å²) in [6.45, 7) is 3.88. The molecule has 0 amide bonds.